The van der Waals surface area contributed by atoms with E-state index < -0.39 is 0 Å². The average molecular weight is 206 g/mol. The Morgan fingerprint density at radius 3 is 1.93 bits per heavy atom. The quantitative estimate of drug-likeness (QED) is 0.690. The van der Waals surface area contributed by atoms with E-state index in [4.69, 9.17) is 0 Å². The molecule has 0 amide bonds. The Morgan fingerprint density at radius 1 is 1.07 bits per heavy atom. The van der Waals surface area contributed by atoms with Crippen molar-refractivity contribution in [2.75, 3.05) is 0 Å². The van der Waals surface area contributed by atoms with E-state index >= 15 is 0 Å². The van der Waals surface area contributed by atoms with Crippen LogP contribution in [0.1, 0.15) is 58.3 Å². The molecule has 15 heavy (non-hydrogen) atoms. The summed E-state index contributed by atoms with van der Waals surface area (Å²) in [6.45, 7) is 2.14. The van der Waals surface area contributed by atoms with E-state index in [0.29, 0.717) is 5.78 Å². The molecule has 4 saturated carbocycles. The molecule has 0 saturated heterocycles. The lowest BCUT2D eigenvalue weighted by molar-refractivity contribution is -0.143. The monoisotopic (exact) mass is 206 g/mol. The van der Waals surface area contributed by atoms with Gasteiger partial charge < -0.3 is 0 Å². The van der Waals surface area contributed by atoms with Crippen molar-refractivity contribution in [2.45, 2.75) is 58.3 Å². The van der Waals surface area contributed by atoms with Gasteiger partial charge in [-0.25, -0.2) is 0 Å². The molecule has 0 atom stereocenters. The van der Waals surface area contributed by atoms with E-state index in [1.807, 2.05) is 0 Å². The Hall–Kier alpha value is -0.330. The SMILES string of the molecule is CCCC(=O)C12CC3CC(CC(C3)C1)C2. The second-order valence-corrected chi connectivity index (χ2v) is 6.37. The Bertz CT molecular complexity index is 244. The highest BCUT2D eigenvalue weighted by molar-refractivity contribution is 5.85. The van der Waals surface area contributed by atoms with Crippen molar-refractivity contribution in [1.29, 1.82) is 0 Å². The van der Waals surface area contributed by atoms with Gasteiger partial charge in [-0.1, -0.05) is 6.92 Å². The number of hydrogen-bond donors (Lipinski definition) is 0. The van der Waals surface area contributed by atoms with Crippen LogP contribution >= 0.6 is 0 Å². The summed E-state index contributed by atoms with van der Waals surface area (Å²) in [7, 11) is 0. The van der Waals surface area contributed by atoms with Crippen molar-refractivity contribution in [3.63, 3.8) is 0 Å². The number of carbonyl (C=O) groups is 1. The first-order chi connectivity index (χ1) is 7.22. The molecule has 0 aromatic heterocycles. The molecular formula is C14H22O. The number of carbonyl (C=O) groups excluding carboxylic acids is 1. The van der Waals surface area contributed by atoms with E-state index in [1.165, 1.54) is 38.5 Å². The summed E-state index contributed by atoms with van der Waals surface area (Å²) in [5.41, 5.74) is 0.171. The van der Waals surface area contributed by atoms with Crippen LogP contribution in [-0.2, 0) is 4.79 Å². The van der Waals surface area contributed by atoms with Gasteiger partial charge in [0.05, 0.1) is 0 Å². The van der Waals surface area contributed by atoms with E-state index in [2.05, 4.69) is 6.92 Å². The summed E-state index contributed by atoms with van der Waals surface area (Å²) >= 11 is 0. The summed E-state index contributed by atoms with van der Waals surface area (Å²) in [6.07, 6.45) is 9.95. The van der Waals surface area contributed by atoms with E-state index in [9.17, 15) is 4.79 Å². The van der Waals surface area contributed by atoms with E-state index in [1.54, 1.807) is 0 Å². The highest BCUT2D eigenvalue weighted by Gasteiger charge is 2.53. The van der Waals surface area contributed by atoms with Crippen LogP contribution in [0.2, 0.25) is 0 Å². The maximum atomic E-state index is 12.3. The summed E-state index contributed by atoms with van der Waals surface area (Å²) < 4.78 is 0. The predicted octanol–water partition coefficient (Wildman–Crippen LogP) is 3.57. The fourth-order valence-corrected chi connectivity index (χ4v) is 4.94. The summed E-state index contributed by atoms with van der Waals surface area (Å²) in [6, 6.07) is 0. The van der Waals surface area contributed by atoms with Crippen LogP contribution in [0.15, 0.2) is 0 Å². The average Bonchev–Trinajstić information content (AvgIpc) is 2.15. The van der Waals surface area contributed by atoms with Crippen molar-refractivity contribution in [3.05, 3.63) is 0 Å². The van der Waals surface area contributed by atoms with Gasteiger partial charge in [-0.05, 0) is 62.7 Å². The third-order valence-electron chi connectivity index (χ3n) is 5.11. The largest absolute Gasteiger partial charge is 0.299 e. The minimum absolute atomic E-state index is 0.171. The Kier molecular flexibility index (Phi) is 2.19. The molecule has 4 rings (SSSR count). The van der Waals surface area contributed by atoms with Crippen LogP contribution < -0.4 is 0 Å². The maximum Gasteiger partial charge on any atom is 0.139 e. The third kappa shape index (κ3) is 1.46. The summed E-state index contributed by atoms with van der Waals surface area (Å²) in [5, 5.41) is 0. The lowest BCUT2D eigenvalue weighted by Gasteiger charge is -2.56. The zero-order valence-corrected chi connectivity index (χ0v) is 9.80. The number of hydrogen-bond acceptors (Lipinski definition) is 1. The first-order valence-corrected chi connectivity index (χ1v) is 6.75. The van der Waals surface area contributed by atoms with Crippen molar-refractivity contribution in [2.24, 2.45) is 23.2 Å². The van der Waals surface area contributed by atoms with Crippen molar-refractivity contribution in [1.82, 2.24) is 0 Å². The lowest BCUT2D eigenvalue weighted by atomic mass is 9.48. The molecule has 4 aliphatic carbocycles. The van der Waals surface area contributed by atoms with Gasteiger partial charge in [-0.3, -0.25) is 4.79 Å². The molecule has 1 nitrogen and oxygen atoms in total. The van der Waals surface area contributed by atoms with Gasteiger partial charge in [0.15, 0.2) is 0 Å². The molecule has 84 valence electrons. The summed E-state index contributed by atoms with van der Waals surface area (Å²) in [5.74, 6) is 3.36. The molecule has 1 heteroatoms. The van der Waals surface area contributed by atoms with Crippen LogP contribution in [0, 0.1) is 23.2 Å². The minimum Gasteiger partial charge on any atom is -0.299 e. The van der Waals surface area contributed by atoms with Gasteiger partial charge in [0, 0.05) is 11.8 Å². The van der Waals surface area contributed by atoms with Crippen molar-refractivity contribution in [3.8, 4) is 0 Å². The zero-order chi connectivity index (χ0) is 10.5. The third-order valence-corrected chi connectivity index (χ3v) is 5.11. The zero-order valence-electron chi connectivity index (χ0n) is 9.80. The van der Waals surface area contributed by atoms with Crippen LogP contribution in [0.25, 0.3) is 0 Å². The van der Waals surface area contributed by atoms with E-state index in [0.717, 1.165) is 30.6 Å². The van der Waals surface area contributed by atoms with Crippen LogP contribution in [0.4, 0.5) is 0 Å². The molecular weight excluding hydrogens is 184 g/mol. The highest BCUT2D eigenvalue weighted by atomic mass is 16.1. The first kappa shape index (κ1) is 9.86. The molecule has 0 N–H and O–H groups in total. The standard InChI is InChI=1S/C14H22O/c1-2-3-13(15)14-7-10-4-11(8-14)6-12(5-10)9-14/h10-12H,2-9H2,1H3. The van der Waals surface area contributed by atoms with Crippen LogP contribution in [0.5, 0.6) is 0 Å². The molecule has 4 fully saturated rings. The Morgan fingerprint density at radius 2 is 1.53 bits per heavy atom. The molecule has 0 radical (unpaired) electrons. The van der Waals surface area contributed by atoms with Crippen molar-refractivity contribution < 1.29 is 4.79 Å². The Balaban J connectivity index is 1.83. The molecule has 0 aromatic rings. The second kappa shape index (κ2) is 3.33. The lowest BCUT2D eigenvalue weighted by Crippen LogP contribution is -2.49. The second-order valence-electron chi connectivity index (χ2n) is 6.37. The predicted molar refractivity (Wildman–Crippen MR) is 60.5 cm³/mol. The van der Waals surface area contributed by atoms with Crippen LogP contribution in [0.3, 0.4) is 0 Å². The van der Waals surface area contributed by atoms with Crippen LogP contribution in [-0.4, -0.2) is 5.78 Å². The summed E-state index contributed by atoms with van der Waals surface area (Å²) in [4.78, 5) is 12.3. The first-order valence-electron chi connectivity index (χ1n) is 6.75. The number of ketones is 1. The van der Waals surface area contributed by atoms with Gasteiger partial charge >= 0.3 is 0 Å². The smallest absolute Gasteiger partial charge is 0.139 e. The van der Waals surface area contributed by atoms with Gasteiger partial charge in [0.25, 0.3) is 0 Å². The van der Waals surface area contributed by atoms with Gasteiger partial charge in [-0.15, -0.1) is 0 Å². The number of Topliss-reactive ketones (excluding diaryl/α,β-unsaturated/α-hetero) is 1. The molecule has 0 spiro atoms. The minimum atomic E-state index is 0.171. The fourth-order valence-electron chi connectivity index (χ4n) is 4.94. The molecule has 4 bridgehead atoms. The molecule has 0 aromatic carbocycles. The highest BCUT2D eigenvalue weighted by Crippen LogP contribution is 2.60. The molecule has 0 aliphatic heterocycles. The fraction of sp³-hybridized carbons (Fsp3) is 0.929. The van der Waals surface area contributed by atoms with E-state index in [-0.39, 0.29) is 5.41 Å². The molecule has 0 unspecified atom stereocenters. The number of rotatable bonds is 3. The van der Waals surface area contributed by atoms with Gasteiger partial charge in [0.2, 0.25) is 0 Å². The Labute approximate surface area is 92.6 Å². The van der Waals surface area contributed by atoms with Crippen molar-refractivity contribution >= 4 is 5.78 Å². The maximum absolute atomic E-state index is 12.3. The van der Waals surface area contributed by atoms with Gasteiger partial charge in [0.1, 0.15) is 5.78 Å². The molecule has 0 heterocycles. The topological polar surface area (TPSA) is 17.1 Å². The normalized spacial score (nSPS) is 47.1. The van der Waals surface area contributed by atoms with Gasteiger partial charge in [-0.2, -0.15) is 0 Å². The molecule has 4 aliphatic rings.